The van der Waals surface area contributed by atoms with Gasteiger partial charge in [-0.15, -0.1) is 0 Å². The molecular formula is C21H19N3O5S. The molecule has 1 aliphatic heterocycles. The second-order valence-electron chi connectivity index (χ2n) is 6.63. The number of nitrogens with one attached hydrogen (secondary N) is 2. The molecule has 0 fully saturated rings. The summed E-state index contributed by atoms with van der Waals surface area (Å²) in [6, 6.07) is 14.3. The predicted octanol–water partition coefficient (Wildman–Crippen LogP) is 3.21. The number of ether oxygens (including phenoxy) is 2. The van der Waals surface area contributed by atoms with Crippen LogP contribution >= 0.6 is 0 Å². The Kier molecular flexibility index (Phi) is 5.28. The Morgan fingerprint density at radius 1 is 0.933 bits per heavy atom. The molecule has 0 atom stereocenters. The van der Waals surface area contributed by atoms with Crippen LogP contribution in [0.25, 0.3) is 0 Å². The van der Waals surface area contributed by atoms with Gasteiger partial charge in [-0.25, -0.2) is 8.42 Å². The number of fused-ring (bicyclic) bond motifs is 1. The fraction of sp³-hybridized carbons (Fsp3) is 0.143. The van der Waals surface area contributed by atoms with Crippen molar-refractivity contribution >= 4 is 27.3 Å². The van der Waals surface area contributed by atoms with Crippen molar-refractivity contribution in [2.75, 3.05) is 23.3 Å². The van der Waals surface area contributed by atoms with Crippen molar-refractivity contribution in [2.45, 2.75) is 11.8 Å². The normalized spacial score (nSPS) is 12.8. The van der Waals surface area contributed by atoms with Gasteiger partial charge < -0.3 is 14.8 Å². The molecule has 8 nitrogen and oxygen atoms in total. The maximum Gasteiger partial charge on any atom is 0.262 e. The number of hydrogen-bond donors (Lipinski definition) is 2. The van der Waals surface area contributed by atoms with Crippen LogP contribution in [0.5, 0.6) is 11.5 Å². The Hall–Kier alpha value is -3.59. The molecule has 0 radical (unpaired) electrons. The predicted molar refractivity (Wildman–Crippen MR) is 112 cm³/mol. The van der Waals surface area contributed by atoms with E-state index < -0.39 is 10.0 Å². The Labute approximate surface area is 173 Å². The first-order valence-corrected chi connectivity index (χ1v) is 10.7. The number of carbonyl (C=O) groups is 1. The Morgan fingerprint density at radius 3 is 2.33 bits per heavy atom. The number of aromatic nitrogens is 1. The van der Waals surface area contributed by atoms with Crippen molar-refractivity contribution in [1.82, 2.24) is 4.98 Å². The van der Waals surface area contributed by atoms with E-state index in [1.54, 1.807) is 42.5 Å². The van der Waals surface area contributed by atoms with E-state index in [1.807, 2.05) is 6.92 Å². The van der Waals surface area contributed by atoms with E-state index in [0.29, 0.717) is 41.7 Å². The molecule has 0 bridgehead atoms. The van der Waals surface area contributed by atoms with Crippen molar-refractivity contribution in [3.05, 3.63) is 72.1 Å². The van der Waals surface area contributed by atoms with Crippen LogP contribution in [0.1, 0.15) is 16.1 Å². The van der Waals surface area contributed by atoms with Crippen LogP contribution < -0.4 is 19.5 Å². The number of hydrogen-bond acceptors (Lipinski definition) is 6. The molecule has 1 amide bonds. The number of benzene rings is 2. The Morgan fingerprint density at radius 2 is 1.63 bits per heavy atom. The molecule has 4 rings (SSSR count). The zero-order valence-electron chi connectivity index (χ0n) is 16.1. The van der Waals surface area contributed by atoms with Gasteiger partial charge in [0.2, 0.25) is 0 Å². The van der Waals surface area contributed by atoms with Crippen molar-refractivity contribution in [3.63, 3.8) is 0 Å². The maximum atomic E-state index is 12.7. The van der Waals surface area contributed by atoms with Gasteiger partial charge in [0.15, 0.2) is 11.5 Å². The summed E-state index contributed by atoms with van der Waals surface area (Å²) in [6.45, 7) is 2.64. The highest BCUT2D eigenvalue weighted by molar-refractivity contribution is 7.92. The van der Waals surface area contributed by atoms with Crippen LogP contribution in [-0.4, -0.2) is 32.5 Å². The molecule has 154 valence electrons. The molecule has 30 heavy (non-hydrogen) atoms. The maximum absolute atomic E-state index is 12.7. The van der Waals surface area contributed by atoms with Crippen molar-refractivity contribution in [1.29, 1.82) is 0 Å². The third-order valence-corrected chi connectivity index (χ3v) is 5.77. The Balaban J connectivity index is 1.45. The second-order valence-corrected chi connectivity index (χ2v) is 8.31. The zero-order chi connectivity index (χ0) is 21.1. The van der Waals surface area contributed by atoms with Crippen LogP contribution in [0.3, 0.4) is 0 Å². The molecule has 0 saturated carbocycles. The molecule has 1 aromatic heterocycles. The number of anilines is 2. The van der Waals surface area contributed by atoms with Gasteiger partial charge in [0.05, 0.1) is 10.5 Å². The Bertz CT molecular complexity index is 1180. The van der Waals surface area contributed by atoms with E-state index in [4.69, 9.17) is 9.47 Å². The van der Waals surface area contributed by atoms with E-state index in [9.17, 15) is 13.2 Å². The summed E-state index contributed by atoms with van der Waals surface area (Å²) in [5.41, 5.74) is 2.15. The number of sulfonamides is 1. The van der Waals surface area contributed by atoms with Crippen LogP contribution in [0, 0.1) is 6.92 Å². The SMILES string of the molecule is Cc1ccc(C(=O)Nc2ccc(NS(=O)(=O)c3ccc4c(c3)OCCO4)cc2)cn1. The molecule has 2 N–H and O–H groups in total. The van der Waals surface area contributed by atoms with Gasteiger partial charge >= 0.3 is 0 Å². The van der Waals surface area contributed by atoms with Gasteiger partial charge in [0.1, 0.15) is 13.2 Å². The van der Waals surface area contributed by atoms with E-state index >= 15 is 0 Å². The van der Waals surface area contributed by atoms with Crippen LogP contribution in [0.4, 0.5) is 11.4 Å². The lowest BCUT2D eigenvalue weighted by molar-refractivity contribution is 0.102. The smallest absolute Gasteiger partial charge is 0.262 e. The fourth-order valence-corrected chi connectivity index (χ4v) is 3.91. The van der Waals surface area contributed by atoms with Crippen LogP contribution in [-0.2, 0) is 10.0 Å². The highest BCUT2D eigenvalue weighted by atomic mass is 32.2. The number of nitrogens with zero attached hydrogens (tertiary/aromatic N) is 1. The third-order valence-electron chi connectivity index (χ3n) is 4.39. The van der Waals surface area contributed by atoms with E-state index in [2.05, 4.69) is 15.0 Å². The van der Waals surface area contributed by atoms with E-state index in [0.717, 1.165) is 5.69 Å². The standard InChI is InChI=1S/C21H19N3O5S/c1-14-2-3-15(13-22-14)21(25)23-16-4-6-17(7-5-16)24-30(26,27)18-8-9-19-20(12-18)29-11-10-28-19/h2-9,12-13,24H,10-11H2,1H3,(H,23,25). The molecule has 2 aromatic carbocycles. The number of pyridine rings is 1. The first kappa shape index (κ1) is 19.7. The minimum absolute atomic E-state index is 0.0657. The average molecular weight is 425 g/mol. The molecule has 0 spiro atoms. The number of aryl methyl sites for hydroxylation is 1. The van der Waals surface area contributed by atoms with Gasteiger partial charge in [-0.2, -0.15) is 0 Å². The summed E-state index contributed by atoms with van der Waals surface area (Å²) >= 11 is 0. The minimum atomic E-state index is -3.81. The lowest BCUT2D eigenvalue weighted by Crippen LogP contribution is -2.17. The molecule has 0 unspecified atom stereocenters. The topological polar surface area (TPSA) is 107 Å². The van der Waals surface area contributed by atoms with E-state index in [-0.39, 0.29) is 10.8 Å². The van der Waals surface area contributed by atoms with Gasteiger partial charge in [-0.05, 0) is 55.5 Å². The molecule has 3 aromatic rings. The second kappa shape index (κ2) is 8.03. The van der Waals surface area contributed by atoms with Crippen molar-refractivity contribution in [2.24, 2.45) is 0 Å². The first-order valence-electron chi connectivity index (χ1n) is 9.17. The van der Waals surface area contributed by atoms with Gasteiger partial charge in [-0.3, -0.25) is 14.5 Å². The highest BCUT2D eigenvalue weighted by Crippen LogP contribution is 2.32. The van der Waals surface area contributed by atoms with Crippen LogP contribution in [0.2, 0.25) is 0 Å². The largest absolute Gasteiger partial charge is 0.486 e. The number of rotatable bonds is 5. The lowest BCUT2D eigenvalue weighted by Gasteiger charge is -2.19. The minimum Gasteiger partial charge on any atom is -0.486 e. The fourth-order valence-electron chi connectivity index (χ4n) is 2.83. The van der Waals surface area contributed by atoms with Crippen molar-refractivity contribution < 1.29 is 22.7 Å². The summed E-state index contributed by atoms with van der Waals surface area (Å²) in [5.74, 6) is 0.615. The summed E-state index contributed by atoms with van der Waals surface area (Å²) < 4.78 is 38.7. The molecule has 2 heterocycles. The first-order chi connectivity index (χ1) is 14.4. The number of amides is 1. The van der Waals surface area contributed by atoms with Crippen molar-refractivity contribution in [3.8, 4) is 11.5 Å². The van der Waals surface area contributed by atoms with Crippen LogP contribution in [0.15, 0.2) is 65.7 Å². The summed E-state index contributed by atoms with van der Waals surface area (Å²) in [6.07, 6.45) is 1.50. The van der Waals surface area contributed by atoms with Gasteiger partial charge in [-0.1, -0.05) is 0 Å². The number of carbonyl (C=O) groups excluding carboxylic acids is 1. The monoisotopic (exact) mass is 425 g/mol. The van der Waals surface area contributed by atoms with Gasteiger partial charge in [0.25, 0.3) is 15.9 Å². The molecule has 1 aliphatic rings. The highest BCUT2D eigenvalue weighted by Gasteiger charge is 2.19. The molecule has 0 aliphatic carbocycles. The molecule has 0 saturated heterocycles. The summed E-state index contributed by atoms with van der Waals surface area (Å²) in [5, 5.41) is 2.75. The van der Waals surface area contributed by atoms with E-state index in [1.165, 1.54) is 18.3 Å². The average Bonchev–Trinajstić information content (AvgIpc) is 2.75. The summed E-state index contributed by atoms with van der Waals surface area (Å²) in [7, 11) is -3.81. The molecule has 9 heteroatoms. The van der Waals surface area contributed by atoms with Gasteiger partial charge in [0, 0.05) is 29.3 Å². The summed E-state index contributed by atoms with van der Waals surface area (Å²) in [4.78, 5) is 16.4. The quantitative estimate of drug-likeness (QED) is 0.650. The molecular weight excluding hydrogens is 406 g/mol. The zero-order valence-corrected chi connectivity index (χ0v) is 16.9. The third kappa shape index (κ3) is 4.36. The lowest BCUT2D eigenvalue weighted by atomic mass is 10.2.